The van der Waals surface area contributed by atoms with Gasteiger partial charge in [-0.3, -0.25) is 9.59 Å². The van der Waals surface area contributed by atoms with Crippen molar-refractivity contribution in [2.75, 3.05) is 12.4 Å². The minimum atomic E-state index is -0.849. The number of rotatable bonds is 5. The molecule has 0 radical (unpaired) electrons. The van der Waals surface area contributed by atoms with Gasteiger partial charge in [-0.15, -0.1) is 0 Å². The van der Waals surface area contributed by atoms with Crippen molar-refractivity contribution in [1.82, 2.24) is 5.32 Å². The molecule has 2 aromatic rings. The van der Waals surface area contributed by atoms with Crippen LogP contribution in [0.15, 0.2) is 48.5 Å². The van der Waals surface area contributed by atoms with Crippen molar-refractivity contribution >= 4 is 23.5 Å². The van der Waals surface area contributed by atoms with Gasteiger partial charge in [0.25, 0.3) is 0 Å². The molecule has 0 fully saturated rings. The molecule has 1 unspecified atom stereocenters. The van der Waals surface area contributed by atoms with E-state index in [0.717, 1.165) is 12.0 Å². The third kappa shape index (κ3) is 4.69. The summed E-state index contributed by atoms with van der Waals surface area (Å²) in [6, 6.07) is 13.8. The Hall–Kier alpha value is -3.15. The number of methoxy groups -OCH3 is 1. The Bertz CT molecular complexity index is 800. The number of carbonyl (C=O) groups excluding carboxylic acids is 3. The highest BCUT2D eigenvalue weighted by atomic mass is 16.5. The van der Waals surface area contributed by atoms with Gasteiger partial charge in [0.1, 0.15) is 0 Å². The molecule has 2 N–H and O–H groups in total. The first-order chi connectivity index (χ1) is 12.5. The SMILES string of the molecule is CCc1ccc(C(C)NC(=O)C(=O)Nc2ccccc2C(=O)OC)cc1. The maximum atomic E-state index is 12.2. The molecule has 2 rings (SSSR count). The van der Waals surface area contributed by atoms with Crippen molar-refractivity contribution < 1.29 is 19.1 Å². The van der Waals surface area contributed by atoms with Gasteiger partial charge in [0.05, 0.1) is 24.4 Å². The van der Waals surface area contributed by atoms with Crippen molar-refractivity contribution in [3.05, 3.63) is 65.2 Å². The van der Waals surface area contributed by atoms with E-state index in [1.54, 1.807) is 19.1 Å². The molecule has 0 bridgehead atoms. The van der Waals surface area contributed by atoms with Crippen molar-refractivity contribution in [1.29, 1.82) is 0 Å². The zero-order valence-electron chi connectivity index (χ0n) is 15.0. The van der Waals surface area contributed by atoms with Crippen LogP contribution >= 0.6 is 0 Å². The fraction of sp³-hybridized carbons (Fsp3) is 0.250. The zero-order valence-corrected chi connectivity index (χ0v) is 15.0. The number of aryl methyl sites for hydroxylation is 1. The first-order valence-electron chi connectivity index (χ1n) is 8.34. The lowest BCUT2D eigenvalue weighted by molar-refractivity contribution is -0.136. The van der Waals surface area contributed by atoms with Gasteiger partial charge in [-0.1, -0.05) is 43.3 Å². The van der Waals surface area contributed by atoms with Gasteiger partial charge in [-0.05, 0) is 36.6 Å². The number of benzene rings is 2. The highest BCUT2D eigenvalue weighted by Gasteiger charge is 2.20. The topological polar surface area (TPSA) is 84.5 Å². The van der Waals surface area contributed by atoms with Crippen LogP contribution in [0.3, 0.4) is 0 Å². The highest BCUT2D eigenvalue weighted by Crippen LogP contribution is 2.17. The van der Waals surface area contributed by atoms with E-state index in [1.165, 1.54) is 24.8 Å². The fourth-order valence-corrected chi connectivity index (χ4v) is 2.45. The van der Waals surface area contributed by atoms with Crippen LogP contribution in [0.4, 0.5) is 5.69 Å². The number of anilines is 1. The van der Waals surface area contributed by atoms with Gasteiger partial charge in [0.15, 0.2) is 0 Å². The van der Waals surface area contributed by atoms with E-state index in [4.69, 9.17) is 0 Å². The van der Waals surface area contributed by atoms with Gasteiger partial charge >= 0.3 is 17.8 Å². The third-order valence-electron chi connectivity index (χ3n) is 4.02. The van der Waals surface area contributed by atoms with Crippen molar-refractivity contribution in [2.45, 2.75) is 26.3 Å². The predicted molar refractivity (Wildman–Crippen MR) is 98.8 cm³/mol. The second-order valence-electron chi connectivity index (χ2n) is 5.78. The summed E-state index contributed by atoms with van der Waals surface area (Å²) in [5.41, 5.74) is 2.50. The summed E-state index contributed by atoms with van der Waals surface area (Å²) >= 11 is 0. The summed E-state index contributed by atoms with van der Waals surface area (Å²) in [6.07, 6.45) is 0.934. The average molecular weight is 354 g/mol. The van der Waals surface area contributed by atoms with Gasteiger partial charge in [0.2, 0.25) is 0 Å². The summed E-state index contributed by atoms with van der Waals surface area (Å²) in [5, 5.41) is 5.10. The summed E-state index contributed by atoms with van der Waals surface area (Å²) in [6.45, 7) is 3.87. The minimum absolute atomic E-state index is 0.180. The van der Waals surface area contributed by atoms with E-state index in [2.05, 4.69) is 22.3 Å². The molecule has 2 amide bonds. The van der Waals surface area contributed by atoms with E-state index < -0.39 is 17.8 Å². The molecular formula is C20H22N2O4. The monoisotopic (exact) mass is 354 g/mol. The molecule has 0 aliphatic rings. The lowest BCUT2D eigenvalue weighted by atomic mass is 10.0. The smallest absolute Gasteiger partial charge is 0.339 e. The number of hydrogen-bond acceptors (Lipinski definition) is 4. The molecule has 6 heteroatoms. The quantitative estimate of drug-likeness (QED) is 0.639. The molecule has 0 aliphatic carbocycles. The number of amides is 2. The van der Waals surface area contributed by atoms with E-state index in [0.29, 0.717) is 0 Å². The Balaban J connectivity index is 2.03. The number of hydrogen-bond donors (Lipinski definition) is 2. The Labute approximate surface area is 152 Å². The van der Waals surface area contributed by atoms with E-state index in [9.17, 15) is 14.4 Å². The first kappa shape index (κ1) is 19.2. The van der Waals surface area contributed by atoms with Crippen LogP contribution in [0, 0.1) is 0 Å². The average Bonchev–Trinajstić information content (AvgIpc) is 2.67. The summed E-state index contributed by atoms with van der Waals surface area (Å²) < 4.78 is 4.67. The Morgan fingerprint density at radius 3 is 2.27 bits per heavy atom. The van der Waals surface area contributed by atoms with Gasteiger partial charge in [0, 0.05) is 0 Å². The molecule has 6 nitrogen and oxygen atoms in total. The van der Waals surface area contributed by atoms with Crippen LogP contribution in [-0.4, -0.2) is 24.9 Å². The molecule has 0 aromatic heterocycles. The second kappa shape index (κ2) is 8.80. The Morgan fingerprint density at radius 2 is 1.65 bits per heavy atom. The standard InChI is InChI=1S/C20H22N2O4/c1-4-14-9-11-15(12-10-14)13(2)21-18(23)19(24)22-17-8-6-5-7-16(17)20(25)26-3/h5-13H,4H2,1-3H3,(H,21,23)(H,22,24). The minimum Gasteiger partial charge on any atom is -0.465 e. The van der Waals surface area contributed by atoms with E-state index >= 15 is 0 Å². The molecule has 0 saturated carbocycles. The largest absolute Gasteiger partial charge is 0.465 e. The van der Waals surface area contributed by atoms with Crippen molar-refractivity contribution in [2.24, 2.45) is 0 Å². The van der Waals surface area contributed by atoms with Gasteiger partial charge in [-0.2, -0.15) is 0 Å². The van der Waals surface area contributed by atoms with Crippen LogP contribution in [0.2, 0.25) is 0 Å². The molecule has 1 atom stereocenters. The molecule has 136 valence electrons. The second-order valence-corrected chi connectivity index (χ2v) is 5.78. The number of nitrogens with one attached hydrogen (secondary N) is 2. The predicted octanol–water partition coefficient (Wildman–Crippen LogP) is 2.85. The number of esters is 1. The van der Waals surface area contributed by atoms with Gasteiger partial charge in [-0.25, -0.2) is 4.79 Å². The Morgan fingerprint density at radius 1 is 1.00 bits per heavy atom. The molecule has 26 heavy (non-hydrogen) atoms. The number of ether oxygens (including phenoxy) is 1. The number of carbonyl (C=O) groups is 3. The first-order valence-corrected chi connectivity index (χ1v) is 8.34. The zero-order chi connectivity index (χ0) is 19.1. The van der Waals surface area contributed by atoms with Crippen LogP contribution in [0.25, 0.3) is 0 Å². The normalized spacial score (nSPS) is 11.3. The molecule has 0 heterocycles. The highest BCUT2D eigenvalue weighted by molar-refractivity contribution is 6.40. The third-order valence-corrected chi connectivity index (χ3v) is 4.02. The van der Waals surface area contributed by atoms with E-state index in [-0.39, 0.29) is 17.3 Å². The Kier molecular flexibility index (Phi) is 6.49. The van der Waals surface area contributed by atoms with Crippen LogP contribution in [-0.2, 0) is 20.7 Å². The molecule has 0 spiro atoms. The molecule has 2 aromatic carbocycles. The van der Waals surface area contributed by atoms with Gasteiger partial charge < -0.3 is 15.4 Å². The fourth-order valence-electron chi connectivity index (χ4n) is 2.45. The van der Waals surface area contributed by atoms with Crippen molar-refractivity contribution in [3.63, 3.8) is 0 Å². The lowest BCUT2D eigenvalue weighted by Crippen LogP contribution is -2.37. The molecular weight excluding hydrogens is 332 g/mol. The van der Waals surface area contributed by atoms with Crippen molar-refractivity contribution in [3.8, 4) is 0 Å². The maximum absolute atomic E-state index is 12.2. The summed E-state index contributed by atoms with van der Waals surface area (Å²) in [4.78, 5) is 36.1. The van der Waals surface area contributed by atoms with E-state index in [1.807, 2.05) is 24.3 Å². The molecule has 0 aliphatic heterocycles. The van der Waals surface area contributed by atoms with Crippen LogP contribution < -0.4 is 10.6 Å². The summed E-state index contributed by atoms with van der Waals surface area (Å²) in [5.74, 6) is -2.22. The lowest BCUT2D eigenvalue weighted by Gasteiger charge is -2.15. The molecule has 0 saturated heterocycles. The summed E-state index contributed by atoms with van der Waals surface area (Å²) in [7, 11) is 1.25. The van der Waals surface area contributed by atoms with Crippen LogP contribution in [0.5, 0.6) is 0 Å². The number of para-hydroxylation sites is 1. The maximum Gasteiger partial charge on any atom is 0.339 e. The van der Waals surface area contributed by atoms with Crippen LogP contribution in [0.1, 0.15) is 41.4 Å².